The van der Waals surface area contributed by atoms with Gasteiger partial charge in [0.05, 0.1) is 25.4 Å². The monoisotopic (exact) mass is 1170 g/mol. The number of aliphatic hydroxyl groups is 2. The Hall–Kier alpha value is -1.66. The van der Waals surface area contributed by atoms with Gasteiger partial charge in [0.2, 0.25) is 5.91 Å². The first-order valence-electron chi connectivity index (χ1n) is 38.1. The molecule has 0 saturated carbocycles. The summed E-state index contributed by atoms with van der Waals surface area (Å²) in [5.74, 6) is -0.0496. The molecule has 0 spiro atoms. The van der Waals surface area contributed by atoms with E-state index in [1.54, 1.807) is 6.08 Å². The summed E-state index contributed by atoms with van der Waals surface area (Å²) in [5.41, 5.74) is 0. The van der Waals surface area contributed by atoms with Crippen LogP contribution in [0, 0.1) is 0 Å². The van der Waals surface area contributed by atoms with Crippen molar-refractivity contribution >= 4 is 11.9 Å². The number of carbonyl (C=O) groups excluding carboxylic acids is 2. The Morgan fingerprint density at radius 1 is 0.325 bits per heavy atom. The minimum absolute atomic E-state index is 0.0101. The number of ether oxygens (including phenoxy) is 1. The van der Waals surface area contributed by atoms with Crippen LogP contribution in [0.4, 0.5) is 0 Å². The van der Waals surface area contributed by atoms with E-state index in [0.29, 0.717) is 19.4 Å². The van der Waals surface area contributed by atoms with Gasteiger partial charge in [0.15, 0.2) is 0 Å². The van der Waals surface area contributed by atoms with Crippen molar-refractivity contribution < 1.29 is 24.5 Å². The van der Waals surface area contributed by atoms with Crippen LogP contribution in [0.15, 0.2) is 24.3 Å². The maximum atomic E-state index is 12.6. The van der Waals surface area contributed by atoms with Crippen LogP contribution < -0.4 is 5.32 Å². The number of carbonyl (C=O) groups is 2. The average molecular weight is 1170 g/mol. The van der Waals surface area contributed by atoms with Crippen LogP contribution in [0.3, 0.4) is 0 Å². The number of hydrogen-bond donors (Lipinski definition) is 3. The average Bonchev–Trinajstić information content (AvgIpc) is 3.48. The molecule has 0 heterocycles. The van der Waals surface area contributed by atoms with E-state index in [9.17, 15) is 19.8 Å². The summed E-state index contributed by atoms with van der Waals surface area (Å²) in [6.07, 6.45) is 92.8. The molecule has 0 aromatic rings. The molecule has 6 heteroatoms. The number of amides is 1. The molecule has 0 radical (unpaired) electrons. The fraction of sp³-hybridized carbons (Fsp3) is 0.922. The maximum Gasteiger partial charge on any atom is 0.305 e. The summed E-state index contributed by atoms with van der Waals surface area (Å²) in [5, 5.41) is 23.3. The van der Waals surface area contributed by atoms with Crippen molar-refractivity contribution in [1.82, 2.24) is 5.32 Å². The summed E-state index contributed by atoms with van der Waals surface area (Å²) < 4.78 is 5.48. The first-order valence-corrected chi connectivity index (χ1v) is 38.1. The molecule has 2 unspecified atom stereocenters. The summed E-state index contributed by atoms with van der Waals surface area (Å²) in [7, 11) is 0. The van der Waals surface area contributed by atoms with E-state index >= 15 is 0 Å². The number of hydrogen-bond acceptors (Lipinski definition) is 5. The number of nitrogens with one attached hydrogen (secondary N) is 1. The molecule has 6 nitrogen and oxygen atoms in total. The first-order chi connectivity index (χ1) is 41.0. The second kappa shape index (κ2) is 72.8. The molecule has 0 aliphatic carbocycles. The Morgan fingerprint density at radius 3 is 0.867 bits per heavy atom. The molecule has 0 aliphatic rings. The van der Waals surface area contributed by atoms with Gasteiger partial charge in [0, 0.05) is 12.8 Å². The molecular formula is C77H149NO5. The third kappa shape index (κ3) is 69.3. The van der Waals surface area contributed by atoms with E-state index in [2.05, 4.69) is 31.3 Å². The lowest BCUT2D eigenvalue weighted by atomic mass is 10.0. The van der Waals surface area contributed by atoms with Gasteiger partial charge in [-0.05, 0) is 57.8 Å². The summed E-state index contributed by atoms with van der Waals surface area (Å²) in [4.78, 5) is 24.6. The normalized spacial score (nSPS) is 12.6. The fourth-order valence-corrected chi connectivity index (χ4v) is 12.2. The van der Waals surface area contributed by atoms with Crippen LogP contribution in [0.5, 0.6) is 0 Å². The molecule has 0 aromatic heterocycles. The molecule has 1 amide bonds. The fourth-order valence-electron chi connectivity index (χ4n) is 12.2. The van der Waals surface area contributed by atoms with E-state index in [4.69, 9.17) is 4.74 Å². The molecule has 0 saturated heterocycles. The predicted octanol–water partition coefficient (Wildman–Crippen LogP) is 24.9. The van der Waals surface area contributed by atoms with Crippen molar-refractivity contribution in [2.75, 3.05) is 13.2 Å². The highest BCUT2D eigenvalue weighted by atomic mass is 16.5. The van der Waals surface area contributed by atoms with Gasteiger partial charge in [-0.3, -0.25) is 9.59 Å². The van der Waals surface area contributed by atoms with Crippen LogP contribution in [-0.2, 0) is 14.3 Å². The highest BCUT2D eigenvalue weighted by Crippen LogP contribution is 2.20. The van der Waals surface area contributed by atoms with Crippen molar-refractivity contribution in [1.29, 1.82) is 0 Å². The lowest BCUT2D eigenvalue weighted by Crippen LogP contribution is -2.45. The lowest BCUT2D eigenvalue weighted by Gasteiger charge is -2.20. The van der Waals surface area contributed by atoms with Crippen LogP contribution in [0.1, 0.15) is 431 Å². The van der Waals surface area contributed by atoms with Crippen molar-refractivity contribution in [2.45, 2.75) is 443 Å². The number of allylic oxidation sites excluding steroid dienone is 3. The van der Waals surface area contributed by atoms with Gasteiger partial charge < -0.3 is 20.3 Å². The second-order valence-corrected chi connectivity index (χ2v) is 26.3. The number of aliphatic hydroxyl groups excluding tert-OH is 2. The van der Waals surface area contributed by atoms with Crippen molar-refractivity contribution in [3.8, 4) is 0 Å². The zero-order chi connectivity index (χ0) is 59.9. The molecule has 0 aromatic carbocycles. The van der Waals surface area contributed by atoms with Gasteiger partial charge >= 0.3 is 5.97 Å². The number of unbranched alkanes of at least 4 members (excludes halogenated alkanes) is 59. The first kappa shape index (κ1) is 81.3. The number of rotatable bonds is 72. The molecule has 0 bridgehead atoms. The standard InChI is InChI=1S/C77H149NO5/c1-3-5-7-9-11-13-15-17-18-19-20-21-22-27-30-33-36-39-42-46-49-53-57-61-65-69-75(80)74(73-79)78-76(81)70-66-62-58-54-50-47-43-40-37-34-31-28-25-23-24-26-29-32-35-38-41-44-48-52-56-60-64-68-72-83-77(82)71-67-63-59-55-51-45-16-14-12-10-8-6-4-2/h14,16,65,69,74-75,79-80H,3-13,15,17-64,66-68,70-73H2,1-2H3,(H,78,81)/b16-14-,69-65+. The van der Waals surface area contributed by atoms with Crippen LogP contribution in [-0.4, -0.2) is 47.4 Å². The topological polar surface area (TPSA) is 95.9 Å². The second-order valence-electron chi connectivity index (χ2n) is 26.3. The zero-order valence-corrected chi connectivity index (χ0v) is 56.5. The van der Waals surface area contributed by atoms with Crippen LogP contribution >= 0.6 is 0 Å². The smallest absolute Gasteiger partial charge is 0.305 e. The molecule has 0 rings (SSSR count). The zero-order valence-electron chi connectivity index (χ0n) is 56.5. The van der Waals surface area contributed by atoms with Crippen molar-refractivity contribution in [2.24, 2.45) is 0 Å². The predicted molar refractivity (Wildman–Crippen MR) is 366 cm³/mol. The van der Waals surface area contributed by atoms with E-state index in [0.717, 1.165) is 44.9 Å². The molecule has 492 valence electrons. The molecule has 83 heavy (non-hydrogen) atoms. The van der Waals surface area contributed by atoms with E-state index in [1.165, 1.54) is 360 Å². The van der Waals surface area contributed by atoms with E-state index in [-0.39, 0.29) is 18.5 Å². The third-order valence-electron chi connectivity index (χ3n) is 18.0. The van der Waals surface area contributed by atoms with Crippen LogP contribution in [0.2, 0.25) is 0 Å². The SMILES string of the molecule is CCCCCC/C=C\CCCCCCCC(=O)OCCCCCCCCCCCCCCCCCCCCCCCCCCCCCCC(=O)NC(CO)C(O)/C=C/CCCCCCCCCCCCCCCCCCCCCCCCC. The van der Waals surface area contributed by atoms with Gasteiger partial charge in [-0.15, -0.1) is 0 Å². The Morgan fingerprint density at radius 2 is 0.566 bits per heavy atom. The Bertz CT molecular complexity index is 1300. The number of esters is 1. The van der Waals surface area contributed by atoms with Crippen LogP contribution in [0.25, 0.3) is 0 Å². The van der Waals surface area contributed by atoms with Crippen molar-refractivity contribution in [3.05, 3.63) is 24.3 Å². The van der Waals surface area contributed by atoms with Crippen molar-refractivity contribution in [3.63, 3.8) is 0 Å². The molecule has 3 N–H and O–H groups in total. The highest BCUT2D eigenvalue weighted by Gasteiger charge is 2.18. The summed E-state index contributed by atoms with van der Waals surface area (Å²) in [6, 6.07) is -0.627. The lowest BCUT2D eigenvalue weighted by molar-refractivity contribution is -0.143. The van der Waals surface area contributed by atoms with Gasteiger partial charge in [0.1, 0.15) is 0 Å². The Balaban J connectivity index is 3.38. The van der Waals surface area contributed by atoms with Gasteiger partial charge in [-0.2, -0.15) is 0 Å². The molecule has 2 atom stereocenters. The summed E-state index contributed by atoms with van der Waals surface area (Å²) in [6.45, 7) is 4.93. The maximum absolute atomic E-state index is 12.6. The molecule has 0 aliphatic heterocycles. The van der Waals surface area contributed by atoms with E-state index in [1.807, 2.05) is 6.08 Å². The van der Waals surface area contributed by atoms with Gasteiger partial charge in [0.25, 0.3) is 0 Å². The third-order valence-corrected chi connectivity index (χ3v) is 18.0. The summed E-state index contributed by atoms with van der Waals surface area (Å²) >= 11 is 0. The minimum Gasteiger partial charge on any atom is -0.466 e. The minimum atomic E-state index is -0.844. The Kier molecular flexibility index (Phi) is 71.4. The molecule has 0 fully saturated rings. The van der Waals surface area contributed by atoms with Gasteiger partial charge in [-0.1, -0.05) is 385 Å². The van der Waals surface area contributed by atoms with Gasteiger partial charge in [-0.25, -0.2) is 0 Å². The Labute approximate surface area is 520 Å². The molecular weight excluding hydrogens is 1020 g/mol. The largest absolute Gasteiger partial charge is 0.466 e. The highest BCUT2D eigenvalue weighted by molar-refractivity contribution is 5.76. The van der Waals surface area contributed by atoms with E-state index < -0.39 is 12.1 Å². The quantitative estimate of drug-likeness (QED) is 0.0320.